The van der Waals surface area contributed by atoms with Crippen LogP contribution in [0.5, 0.6) is 0 Å². The molecule has 0 aromatic heterocycles. The van der Waals surface area contributed by atoms with Gasteiger partial charge in [-0.1, -0.05) is 36.4 Å². The molecule has 0 saturated heterocycles. The molecule has 1 aliphatic rings. The molecule has 1 heterocycles. The molecule has 0 bridgehead atoms. The molecule has 3 aromatic rings. The van der Waals surface area contributed by atoms with Gasteiger partial charge in [0.05, 0.1) is 10.6 Å². The first-order chi connectivity index (χ1) is 14.8. The van der Waals surface area contributed by atoms with Crippen LogP contribution < -0.4 is 9.62 Å². The second-order valence-electron chi connectivity index (χ2n) is 7.39. The second kappa shape index (κ2) is 8.39. The van der Waals surface area contributed by atoms with E-state index in [1.165, 1.54) is 42.5 Å². The molecule has 6 nitrogen and oxygen atoms in total. The SMILES string of the molecule is CN1CCN(C(=O)c2cccc(S(=O)(=O)Nc3ccccc3F)c2)Cc2ccccc21. The zero-order valence-corrected chi connectivity index (χ0v) is 17.8. The maximum atomic E-state index is 13.9. The predicted molar refractivity (Wildman–Crippen MR) is 118 cm³/mol. The lowest BCUT2D eigenvalue weighted by Gasteiger charge is -2.21. The number of likely N-dealkylation sites (N-methyl/N-ethyl adjacent to an activating group) is 1. The maximum absolute atomic E-state index is 13.9. The van der Waals surface area contributed by atoms with Crippen LogP contribution in [0.2, 0.25) is 0 Å². The highest BCUT2D eigenvalue weighted by atomic mass is 32.2. The van der Waals surface area contributed by atoms with Crippen molar-refractivity contribution >= 4 is 27.3 Å². The van der Waals surface area contributed by atoms with Gasteiger partial charge in [0.1, 0.15) is 5.82 Å². The van der Waals surface area contributed by atoms with Crippen molar-refractivity contribution in [2.45, 2.75) is 11.4 Å². The first-order valence-corrected chi connectivity index (χ1v) is 11.3. The van der Waals surface area contributed by atoms with E-state index in [0.717, 1.165) is 11.3 Å². The molecule has 160 valence electrons. The molecule has 0 saturated carbocycles. The number of rotatable bonds is 4. The number of para-hydroxylation sites is 2. The van der Waals surface area contributed by atoms with E-state index in [9.17, 15) is 17.6 Å². The minimum Gasteiger partial charge on any atom is -0.373 e. The fourth-order valence-corrected chi connectivity index (χ4v) is 4.71. The molecule has 0 spiro atoms. The summed E-state index contributed by atoms with van der Waals surface area (Å²) in [6.07, 6.45) is 0. The summed E-state index contributed by atoms with van der Waals surface area (Å²) in [5.41, 5.74) is 2.22. The number of carbonyl (C=O) groups is 1. The summed E-state index contributed by atoms with van der Waals surface area (Å²) < 4.78 is 41.6. The Kier molecular flexibility index (Phi) is 5.65. The first kappa shape index (κ1) is 20.9. The summed E-state index contributed by atoms with van der Waals surface area (Å²) in [7, 11) is -2.08. The van der Waals surface area contributed by atoms with Crippen LogP contribution in [0.3, 0.4) is 0 Å². The third-order valence-electron chi connectivity index (χ3n) is 5.27. The van der Waals surface area contributed by atoms with Crippen molar-refractivity contribution in [3.05, 3.63) is 89.7 Å². The van der Waals surface area contributed by atoms with Gasteiger partial charge >= 0.3 is 0 Å². The Balaban J connectivity index is 1.59. The summed E-state index contributed by atoms with van der Waals surface area (Å²) in [6.45, 7) is 1.61. The maximum Gasteiger partial charge on any atom is 0.262 e. The monoisotopic (exact) mass is 439 g/mol. The molecule has 1 aliphatic heterocycles. The van der Waals surface area contributed by atoms with Crippen molar-refractivity contribution < 1.29 is 17.6 Å². The number of halogens is 1. The van der Waals surface area contributed by atoms with Crippen molar-refractivity contribution in [1.29, 1.82) is 0 Å². The highest BCUT2D eigenvalue weighted by Gasteiger charge is 2.24. The van der Waals surface area contributed by atoms with Gasteiger partial charge in [-0.25, -0.2) is 12.8 Å². The van der Waals surface area contributed by atoms with Gasteiger partial charge in [0.2, 0.25) is 0 Å². The standard InChI is InChI=1S/C23H22FN3O3S/c1-26-13-14-27(16-18-7-2-5-12-22(18)26)23(28)17-8-6-9-19(15-17)31(29,30)25-21-11-4-3-10-20(21)24/h2-12,15,25H,13-14,16H2,1H3. The van der Waals surface area contributed by atoms with Crippen LogP contribution in [-0.2, 0) is 16.6 Å². The lowest BCUT2D eigenvalue weighted by Crippen LogP contribution is -2.34. The van der Waals surface area contributed by atoms with E-state index in [4.69, 9.17) is 0 Å². The molecule has 0 radical (unpaired) electrons. The number of carbonyl (C=O) groups excluding carboxylic acids is 1. The fourth-order valence-electron chi connectivity index (χ4n) is 3.59. The quantitative estimate of drug-likeness (QED) is 0.673. The van der Waals surface area contributed by atoms with Crippen molar-refractivity contribution in [3.8, 4) is 0 Å². The molecular weight excluding hydrogens is 417 g/mol. The van der Waals surface area contributed by atoms with E-state index in [0.29, 0.717) is 19.6 Å². The van der Waals surface area contributed by atoms with Gasteiger partial charge in [-0.2, -0.15) is 0 Å². The van der Waals surface area contributed by atoms with Gasteiger partial charge in [0, 0.05) is 37.9 Å². The normalized spacial score (nSPS) is 14.0. The van der Waals surface area contributed by atoms with E-state index >= 15 is 0 Å². The number of fused-ring (bicyclic) bond motifs is 1. The molecule has 4 rings (SSSR count). The number of hydrogen-bond acceptors (Lipinski definition) is 4. The second-order valence-corrected chi connectivity index (χ2v) is 9.07. The molecular formula is C23H22FN3O3S. The van der Waals surface area contributed by atoms with Gasteiger partial charge in [-0.15, -0.1) is 0 Å². The van der Waals surface area contributed by atoms with E-state index in [1.54, 1.807) is 11.0 Å². The molecule has 1 amide bonds. The van der Waals surface area contributed by atoms with Crippen molar-refractivity contribution in [1.82, 2.24) is 4.90 Å². The Morgan fingerprint density at radius 1 is 0.968 bits per heavy atom. The minimum absolute atomic E-state index is 0.103. The zero-order chi connectivity index (χ0) is 22.0. The topological polar surface area (TPSA) is 69.7 Å². The smallest absolute Gasteiger partial charge is 0.262 e. The predicted octanol–water partition coefficient (Wildman–Crippen LogP) is 3.72. The van der Waals surface area contributed by atoms with Crippen LogP contribution in [0.4, 0.5) is 15.8 Å². The number of nitrogens with one attached hydrogen (secondary N) is 1. The highest BCUT2D eigenvalue weighted by molar-refractivity contribution is 7.92. The van der Waals surface area contributed by atoms with Gasteiger partial charge in [0.25, 0.3) is 15.9 Å². The molecule has 0 aliphatic carbocycles. The molecule has 0 fully saturated rings. The van der Waals surface area contributed by atoms with Crippen LogP contribution in [0.15, 0.2) is 77.7 Å². The number of amides is 1. The number of benzene rings is 3. The summed E-state index contributed by atoms with van der Waals surface area (Å²) >= 11 is 0. The van der Waals surface area contributed by atoms with Crippen LogP contribution in [0.25, 0.3) is 0 Å². The Labute approximate surface area is 181 Å². The summed E-state index contributed by atoms with van der Waals surface area (Å²) in [6, 6.07) is 19.2. The van der Waals surface area contributed by atoms with Gasteiger partial charge in [-0.05, 0) is 42.0 Å². The first-order valence-electron chi connectivity index (χ1n) is 9.81. The largest absolute Gasteiger partial charge is 0.373 e. The zero-order valence-electron chi connectivity index (χ0n) is 17.0. The van der Waals surface area contributed by atoms with Crippen LogP contribution in [-0.4, -0.2) is 39.4 Å². The van der Waals surface area contributed by atoms with Crippen LogP contribution in [0.1, 0.15) is 15.9 Å². The van der Waals surface area contributed by atoms with Crippen LogP contribution >= 0.6 is 0 Å². The third kappa shape index (κ3) is 4.39. The molecule has 1 N–H and O–H groups in total. The molecule has 31 heavy (non-hydrogen) atoms. The molecule has 8 heteroatoms. The molecule has 0 atom stereocenters. The van der Waals surface area contributed by atoms with Crippen molar-refractivity contribution in [2.24, 2.45) is 0 Å². The van der Waals surface area contributed by atoms with Gasteiger partial charge in [0.15, 0.2) is 0 Å². The molecule has 3 aromatic carbocycles. The Hall–Kier alpha value is -3.39. The van der Waals surface area contributed by atoms with Crippen molar-refractivity contribution in [2.75, 3.05) is 29.8 Å². The number of anilines is 2. The average Bonchev–Trinajstić information content (AvgIpc) is 2.94. The Morgan fingerprint density at radius 3 is 2.52 bits per heavy atom. The van der Waals surface area contributed by atoms with E-state index in [2.05, 4.69) is 9.62 Å². The number of hydrogen-bond donors (Lipinski definition) is 1. The average molecular weight is 440 g/mol. The summed E-state index contributed by atoms with van der Waals surface area (Å²) in [4.78, 5) is 16.9. The summed E-state index contributed by atoms with van der Waals surface area (Å²) in [5, 5.41) is 0. The van der Waals surface area contributed by atoms with Crippen LogP contribution in [0, 0.1) is 5.82 Å². The number of sulfonamides is 1. The Morgan fingerprint density at radius 2 is 1.71 bits per heavy atom. The summed E-state index contributed by atoms with van der Waals surface area (Å²) in [5.74, 6) is -0.932. The lowest BCUT2D eigenvalue weighted by atomic mass is 10.1. The van der Waals surface area contributed by atoms with E-state index < -0.39 is 15.8 Å². The van der Waals surface area contributed by atoms with Crippen molar-refractivity contribution in [3.63, 3.8) is 0 Å². The number of nitrogens with zero attached hydrogens (tertiary/aromatic N) is 2. The van der Waals surface area contributed by atoms with E-state index in [-0.39, 0.29) is 22.1 Å². The van der Waals surface area contributed by atoms with E-state index in [1.807, 2.05) is 31.3 Å². The molecule has 0 unspecified atom stereocenters. The minimum atomic E-state index is -4.06. The highest BCUT2D eigenvalue weighted by Crippen LogP contribution is 2.25. The fraction of sp³-hybridized carbons (Fsp3) is 0.174. The Bertz CT molecular complexity index is 1230. The van der Waals surface area contributed by atoms with Gasteiger partial charge in [-0.3, -0.25) is 9.52 Å². The third-order valence-corrected chi connectivity index (χ3v) is 6.63. The van der Waals surface area contributed by atoms with Gasteiger partial charge < -0.3 is 9.80 Å². The lowest BCUT2D eigenvalue weighted by molar-refractivity contribution is 0.0751.